The third kappa shape index (κ3) is 3.17. The number of oxazole rings is 1. The van der Waals surface area contributed by atoms with Crippen molar-refractivity contribution < 1.29 is 13.9 Å². The first-order valence-electron chi connectivity index (χ1n) is 9.14. The van der Waals surface area contributed by atoms with Crippen LogP contribution in [0.1, 0.15) is 40.2 Å². The highest BCUT2D eigenvalue weighted by Crippen LogP contribution is 2.30. The molecule has 5 rings (SSSR count). The minimum Gasteiger partial charge on any atom is -0.445 e. The van der Waals surface area contributed by atoms with Gasteiger partial charge in [-0.05, 0) is 6.42 Å². The smallest absolute Gasteiger partial charge is 0.273 e. The lowest BCUT2D eigenvalue weighted by molar-refractivity contribution is 0.0723. The van der Waals surface area contributed by atoms with E-state index in [9.17, 15) is 4.79 Å². The normalized spacial score (nSPS) is 19.3. The van der Waals surface area contributed by atoms with Gasteiger partial charge in [-0.3, -0.25) is 4.79 Å². The van der Waals surface area contributed by atoms with Gasteiger partial charge in [0.25, 0.3) is 5.91 Å². The maximum Gasteiger partial charge on any atom is 0.273 e. The number of ether oxygens (including phenoxy) is 1. The second kappa shape index (κ2) is 6.90. The van der Waals surface area contributed by atoms with Gasteiger partial charge in [0.1, 0.15) is 22.2 Å². The van der Waals surface area contributed by atoms with E-state index in [2.05, 4.69) is 9.97 Å². The number of thiazole rings is 1. The molecule has 7 heteroatoms. The molecule has 0 saturated carbocycles. The molecule has 0 N–H and O–H groups in total. The molecule has 2 aromatic heterocycles. The zero-order chi connectivity index (χ0) is 18.2. The summed E-state index contributed by atoms with van der Waals surface area (Å²) in [5, 5.41) is 2.70. The zero-order valence-electron chi connectivity index (χ0n) is 14.8. The van der Waals surface area contributed by atoms with Crippen molar-refractivity contribution in [3.63, 3.8) is 0 Å². The number of amides is 1. The molecule has 2 aliphatic rings. The van der Waals surface area contributed by atoms with Gasteiger partial charge in [0.2, 0.25) is 0 Å². The lowest BCUT2D eigenvalue weighted by Gasteiger charge is -2.24. The van der Waals surface area contributed by atoms with Gasteiger partial charge in [-0.15, -0.1) is 11.3 Å². The molecule has 1 unspecified atom stereocenters. The first-order chi connectivity index (χ1) is 13.3. The van der Waals surface area contributed by atoms with E-state index in [1.807, 2.05) is 40.6 Å². The second-order valence-electron chi connectivity index (χ2n) is 6.86. The minimum absolute atomic E-state index is 0.0483. The lowest BCUT2D eigenvalue weighted by atomic mass is 10.1. The fourth-order valence-electron chi connectivity index (χ4n) is 3.54. The Morgan fingerprint density at radius 1 is 1.22 bits per heavy atom. The molecule has 1 saturated heterocycles. The van der Waals surface area contributed by atoms with Crippen LogP contribution >= 0.6 is 11.3 Å². The monoisotopic (exact) mass is 381 g/mol. The number of hydrogen-bond acceptors (Lipinski definition) is 6. The molecule has 0 spiro atoms. The summed E-state index contributed by atoms with van der Waals surface area (Å²) in [5.74, 6) is 1.86. The van der Waals surface area contributed by atoms with Crippen LogP contribution in [0.5, 0.6) is 0 Å². The Morgan fingerprint density at radius 2 is 2.11 bits per heavy atom. The van der Waals surface area contributed by atoms with E-state index in [-0.39, 0.29) is 11.8 Å². The number of fused-ring (bicyclic) bond motifs is 1. The summed E-state index contributed by atoms with van der Waals surface area (Å²) in [7, 11) is 0. The van der Waals surface area contributed by atoms with E-state index in [0.717, 1.165) is 40.9 Å². The average molecular weight is 381 g/mol. The topological polar surface area (TPSA) is 68.5 Å². The SMILES string of the molecule is O=C(c1csc(-c2ccccc2)n1)N1CCc2oc(C3CCOC3)nc2C1. The summed E-state index contributed by atoms with van der Waals surface area (Å²) in [6.07, 6.45) is 1.64. The van der Waals surface area contributed by atoms with Crippen molar-refractivity contribution in [1.82, 2.24) is 14.9 Å². The molecular formula is C20H19N3O3S. The molecule has 1 amide bonds. The predicted octanol–water partition coefficient (Wildman–Crippen LogP) is 3.50. The first-order valence-corrected chi connectivity index (χ1v) is 10.0. The summed E-state index contributed by atoms with van der Waals surface area (Å²) in [6.45, 7) is 2.53. The van der Waals surface area contributed by atoms with E-state index >= 15 is 0 Å². The fourth-order valence-corrected chi connectivity index (χ4v) is 4.34. The number of carbonyl (C=O) groups excluding carboxylic acids is 1. The van der Waals surface area contributed by atoms with Gasteiger partial charge in [-0.2, -0.15) is 0 Å². The van der Waals surface area contributed by atoms with Crippen molar-refractivity contribution in [3.8, 4) is 10.6 Å². The van der Waals surface area contributed by atoms with Gasteiger partial charge in [-0.1, -0.05) is 30.3 Å². The highest BCUT2D eigenvalue weighted by molar-refractivity contribution is 7.13. The Hall–Kier alpha value is -2.51. The molecule has 27 heavy (non-hydrogen) atoms. The molecule has 6 nitrogen and oxygen atoms in total. The zero-order valence-corrected chi connectivity index (χ0v) is 15.6. The van der Waals surface area contributed by atoms with Crippen molar-refractivity contribution in [1.29, 1.82) is 0 Å². The van der Waals surface area contributed by atoms with Crippen LogP contribution in [-0.4, -0.2) is 40.5 Å². The summed E-state index contributed by atoms with van der Waals surface area (Å²) < 4.78 is 11.4. The van der Waals surface area contributed by atoms with Crippen LogP contribution in [0.2, 0.25) is 0 Å². The van der Waals surface area contributed by atoms with E-state index in [1.54, 1.807) is 0 Å². The number of nitrogens with zero attached hydrogens (tertiary/aromatic N) is 3. The minimum atomic E-state index is -0.0483. The first kappa shape index (κ1) is 16.6. The van der Waals surface area contributed by atoms with Gasteiger partial charge in [0.15, 0.2) is 5.89 Å². The van der Waals surface area contributed by atoms with Crippen molar-refractivity contribution >= 4 is 17.2 Å². The van der Waals surface area contributed by atoms with Crippen molar-refractivity contribution in [2.75, 3.05) is 19.8 Å². The van der Waals surface area contributed by atoms with Gasteiger partial charge < -0.3 is 14.1 Å². The summed E-state index contributed by atoms with van der Waals surface area (Å²) in [4.78, 5) is 23.9. The highest BCUT2D eigenvalue weighted by Gasteiger charge is 2.30. The number of carbonyl (C=O) groups is 1. The van der Waals surface area contributed by atoms with Crippen molar-refractivity contribution in [3.05, 3.63) is 58.8 Å². The standard InChI is InChI=1S/C20H19N3O3S/c24-20(16-12-27-19(22-16)13-4-2-1-3-5-13)23-8-6-17-15(10-23)21-18(26-17)14-7-9-25-11-14/h1-5,12,14H,6-11H2. The molecule has 1 fully saturated rings. The number of hydrogen-bond donors (Lipinski definition) is 0. The fraction of sp³-hybridized carbons (Fsp3) is 0.350. The molecule has 0 radical (unpaired) electrons. The molecule has 2 aliphatic heterocycles. The van der Waals surface area contributed by atoms with Crippen LogP contribution in [0, 0.1) is 0 Å². The van der Waals surface area contributed by atoms with Gasteiger partial charge >= 0.3 is 0 Å². The third-order valence-corrected chi connectivity index (χ3v) is 5.95. The van der Waals surface area contributed by atoms with Crippen LogP contribution < -0.4 is 0 Å². The van der Waals surface area contributed by atoms with Crippen LogP contribution in [-0.2, 0) is 17.7 Å². The molecule has 3 aromatic rings. The third-order valence-electron chi connectivity index (χ3n) is 5.05. The summed E-state index contributed by atoms with van der Waals surface area (Å²) >= 11 is 1.49. The number of aromatic nitrogens is 2. The van der Waals surface area contributed by atoms with Crippen LogP contribution in [0.15, 0.2) is 40.1 Å². The van der Waals surface area contributed by atoms with Crippen molar-refractivity contribution in [2.45, 2.75) is 25.3 Å². The largest absolute Gasteiger partial charge is 0.445 e. The summed E-state index contributed by atoms with van der Waals surface area (Å²) in [6, 6.07) is 9.93. The van der Waals surface area contributed by atoms with E-state index in [0.29, 0.717) is 31.8 Å². The van der Waals surface area contributed by atoms with Crippen molar-refractivity contribution in [2.24, 2.45) is 0 Å². The molecule has 1 atom stereocenters. The van der Waals surface area contributed by atoms with Gasteiger partial charge in [0.05, 0.1) is 19.1 Å². The van der Waals surface area contributed by atoms with Gasteiger partial charge in [-0.25, -0.2) is 9.97 Å². The maximum atomic E-state index is 12.9. The number of benzene rings is 1. The average Bonchev–Trinajstić information content (AvgIpc) is 3.47. The lowest BCUT2D eigenvalue weighted by Crippen LogP contribution is -2.36. The van der Waals surface area contributed by atoms with Crippen LogP contribution in [0.4, 0.5) is 0 Å². The quantitative estimate of drug-likeness (QED) is 0.695. The van der Waals surface area contributed by atoms with Crippen LogP contribution in [0.25, 0.3) is 10.6 Å². The molecule has 138 valence electrons. The Labute approximate surface area is 160 Å². The van der Waals surface area contributed by atoms with Gasteiger partial charge in [0, 0.05) is 30.5 Å². The second-order valence-corrected chi connectivity index (χ2v) is 7.72. The molecule has 1 aromatic carbocycles. The van der Waals surface area contributed by atoms with E-state index in [4.69, 9.17) is 9.15 Å². The van der Waals surface area contributed by atoms with E-state index in [1.165, 1.54) is 11.3 Å². The molecule has 4 heterocycles. The predicted molar refractivity (Wildman–Crippen MR) is 101 cm³/mol. The van der Waals surface area contributed by atoms with E-state index < -0.39 is 0 Å². The Morgan fingerprint density at radius 3 is 2.93 bits per heavy atom. The Balaban J connectivity index is 1.33. The molecule has 0 bridgehead atoms. The molecule has 0 aliphatic carbocycles. The number of rotatable bonds is 3. The highest BCUT2D eigenvalue weighted by atomic mass is 32.1. The molecular weight excluding hydrogens is 362 g/mol. The maximum absolute atomic E-state index is 12.9. The van der Waals surface area contributed by atoms with Crippen LogP contribution in [0.3, 0.4) is 0 Å². The summed E-state index contributed by atoms with van der Waals surface area (Å²) in [5.41, 5.74) is 2.40. The Kier molecular flexibility index (Phi) is 4.26. The Bertz CT molecular complexity index is 960.